The van der Waals surface area contributed by atoms with E-state index in [-0.39, 0.29) is 23.5 Å². The lowest BCUT2D eigenvalue weighted by Gasteiger charge is -2.37. The van der Waals surface area contributed by atoms with E-state index < -0.39 is 12.0 Å². The third kappa shape index (κ3) is 4.67. The molecule has 1 fully saturated rings. The molecule has 3 rings (SSSR count). The molecule has 1 aliphatic heterocycles. The summed E-state index contributed by atoms with van der Waals surface area (Å²) in [6, 6.07) is 3.34. The first-order valence-corrected chi connectivity index (χ1v) is 10.6. The number of carbonyl (C=O) groups excluding carboxylic acids is 1. The number of aromatic nitrogens is 4. The highest BCUT2D eigenvalue weighted by Gasteiger charge is 2.38. The monoisotopic (exact) mass is 426 g/mol. The zero-order chi connectivity index (χ0) is 21.9. The maximum absolute atomic E-state index is 13.1. The molecule has 0 aliphatic carbocycles. The predicted molar refractivity (Wildman–Crippen MR) is 107 cm³/mol. The van der Waals surface area contributed by atoms with Gasteiger partial charge in [0.1, 0.15) is 5.82 Å². The van der Waals surface area contributed by atoms with Crippen molar-refractivity contribution in [3.8, 4) is 0 Å². The summed E-state index contributed by atoms with van der Waals surface area (Å²) in [6.45, 7) is 8.19. The van der Waals surface area contributed by atoms with Crippen LogP contribution in [-0.4, -0.2) is 56.3 Å². The van der Waals surface area contributed by atoms with E-state index >= 15 is 0 Å². The number of unbranched alkanes of at least 4 members (excludes halogenated alkanes) is 1. The van der Waals surface area contributed by atoms with Gasteiger partial charge in [0.15, 0.2) is 5.65 Å². The standard InChI is InChI=1S/C20H29F3N6O/c1-4-6-11-28(14(3)5-2)18(30)15-9-12-27(13-10-15)17-8-7-16-24-25-19(20(21,22)23)29(16)26-17/h7-8,14-15H,4-6,9-13H2,1-3H3. The summed E-state index contributed by atoms with van der Waals surface area (Å²) < 4.78 is 40.1. The molecule has 3 heterocycles. The molecule has 0 bridgehead atoms. The summed E-state index contributed by atoms with van der Waals surface area (Å²) in [7, 11) is 0. The number of anilines is 1. The van der Waals surface area contributed by atoms with Crippen LogP contribution in [0.1, 0.15) is 58.7 Å². The van der Waals surface area contributed by atoms with Crippen molar-refractivity contribution in [1.82, 2.24) is 24.7 Å². The number of hydrogen-bond acceptors (Lipinski definition) is 5. The van der Waals surface area contributed by atoms with Gasteiger partial charge < -0.3 is 9.80 Å². The Kier molecular flexibility index (Phi) is 6.82. The van der Waals surface area contributed by atoms with E-state index in [0.717, 1.165) is 30.3 Å². The maximum atomic E-state index is 13.1. The van der Waals surface area contributed by atoms with Gasteiger partial charge in [0, 0.05) is 31.6 Å². The van der Waals surface area contributed by atoms with Crippen LogP contribution < -0.4 is 4.90 Å². The Balaban J connectivity index is 1.69. The zero-order valence-corrected chi connectivity index (χ0v) is 17.7. The first-order chi connectivity index (χ1) is 14.3. The van der Waals surface area contributed by atoms with Crippen LogP contribution >= 0.6 is 0 Å². The smallest absolute Gasteiger partial charge is 0.355 e. The van der Waals surface area contributed by atoms with Gasteiger partial charge in [-0.1, -0.05) is 20.3 Å². The van der Waals surface area contributed by atoms with Crippen LogP contribution in [0.2, 0.25) is 0 Å². The summed E-state index contributed by atoms with van der Waals surface area (Å²) in [5, 5.41) is 10.9. The minimum absolute atomic E-state index is 0.0521. The molecule has 30 heavy (non-hydrogen) atoms. The van der Waals surface area contributed by atoms with Crippen molar-refractivity contribution in [3.05, 3.63) is 18.0 Å². The van der Waals surface area contributed by atoms with Crippen molar-refractivity contribution in [2.45, 2.75) is 65.1 Å². The molecule has 1 atom stereocenters. The molecule has 0 N–H and O–H groups in total. The molecule has 0 saturated carbocycles. The fraction of sp³-hybridized carbons (Fsp3) is 0.700. The fourth-order valence-corrected chi connectivity index (χ4v) is 3.81. The molecular formula is C20H29F3N6O. The van der Waals surface area contributed by atoms with E-state index in [1.807, 2.05) is 9.80 Å². The van der Waals surface area contributed by atoms with E-state index in [1.54, 1.807) is 6.07 Å². The third-order valence-electron chi connectivity index (χ3n) is 5.83. The third-order valence-corrected chi connectivity index (χ3v) is 5.83. The minimum Gasteiger partial charge on any atom is -0.355 e. The Bertz CT molecular complexity index is 860. The lowest BCUT2D eigenvalue weighted by molar-refractivity contribution is -0.146. The number of nitrogens with zero attached hydrogens (tertiary/aromatic N) is 6. The molecule has 2 aromatic rings. The van der Waals surface area contributed by atoms with Crippen LogP contribution in [0, 0.1) is 5.92 Å². The Hall–Kier alpha value is -2.39. The second kappa shape index (κ2) is 9.18. The van der Waals surface area contributed by atoms with E-state index in [2.05, 4.69) is 36.1 Å². The van der Waals surface area contributed by atoms with Crippen molar-refractivity contribution >= 4 is 17.4 Å². The number of halogens is 3. The molecule has 10 heteroatoms. The number of alkyl halides is 3. The molecule has 0 spiro atoms. The molecular weight excluding hydrogens is 397 g/mol. The van der Waals surface area contributed by atoms with Gasteiger partial charge in [0.05, 0.1) is 0 Å². The van der Waals surface area contributed by atoms with Crippen LogP contribution in [-0.2, 0) is 11.0 Å². The molecule has 1 unspecified atom stereocenters. The predicted octanol–water partition coefficient (Wildman–Crippen LogP) is 3.79. The summed E-state index contributed by atoms with van der Waals surface area (Å²) in [5.74, 6) is -0.566. The van der Waals surface area contributed by atoms with Gasteiger partial charge in [-0.3, -0.25) is 4.79 Å². The number of amides is 1. The molecule has 166 valence electrons. The Morgan fingerprint density at radius 3 is 2.53 bits per heavy atom. The van der Waals surface area contributed by atoms with Gasteiger partial charge in [-0.15, -0.1) is 15.3 Å². The van der Waals surface area contributed by atoms with Crippen LogP contribution in [0.4, 0.5) is 19.0 Å². The molecule has 0 aromatic carbocycles. The summed E-state index contributed by atoms with van der Waals surface area (Å²) in [6.07, 6.45) is -0.367. The number of carbonyl (C=O) groups is 1. The van der Waals surface area contributed by atoms with E-state index in [4.69, 9.17) is 0 Å². The quantitative estimate of drug-likeness (QED) is 0.674. The average molecular weight is 426 g/mol. The second-order valence-corrected chi connectivity index (χ2v) is 7.89. The lowest BCUT2D eigenvalue weighted by atomic mass is 9.94. The van der Waals surface area contributed by atoms with E-state index in [9.17, 15) is 18.0 Å². The first-order valence-electron chi connectivity index (χ1n) is 10.6. The van der Waals surface area contributed by atoms with Crippen LogP contribution in [0.15, 0.2) is 12.1 Å². The fourth-order valence-electron chi connectivity index (χ4n) is 3.81. The summed E-state index contributed by atoms with van der Waals surface area (Å²) in [5.41, 5.74) is 0.0521. The maximum Gasteiger partial charge on any atom is 0.453 e. The van der Waals surface area contributed by atoms with E-state index in [0.29, 0.717) is 31.7 Å². The van der Waals surface area contributed by atoms with Crippen molar-refractivity contribution in [2.75, 3.05) is 24.5 Å². The van der Waals surface area contributed by atoms with Gasteiger partial charge in [-0.2, -0.15) is 17.7 Å². The molecule has 7 nitrogen and oxygen atoms in total. The Morgan fingerprint density at radius 2 is 1.93 bits per heavy atom. The Labute approximate surface area is 174 Å². The van der Waals surface area contributed by atoms with E-state index in [1.165, 1.54) is 6.07 Å². The van der Waals surface area contributed by atoms with Gasteiger partial charge in [-0.25, -0.2) is 0 Å². The molecule has 2 aromatic heterocycles. The first kappa shape index (κ1) is 22.3. The molecule has 1 saturated heterocycles. The molecule has 1 aliphatic rings. The van der Waals surface area contributed by atoms with Crippen LogP contribution in [0.25, 0.3) is 5.65 Å². The average Bonchev–Trinajstić information content (AvgIpc) is 3.17. The van der Waals surface area contributed by atoms with Crippen LogP contribution in [0.3, 0.4) is 0 Å². The number of piperidine rings is 1. The summed E-state index contributed by atoms with van der Waals surface area (Å²) >= 11 is 0. The number of hydrogen-bond donors (Lipinski definition) is 0. The topological polar surface area (TPSA) is 66.6 Å². The van der Waals surface area contributed by atoms with Crippen LogP contribution in [0.5, 0.6) is 0 Å². The second-order valence-electron chi connectivity index (χ2n) is 7.89. The van der Waals surface area contributed by atoms with Gasteiger partial charge >= 0.3 is 6.18 Å². The van der Waals surface area contributed by atoms with Crippen molar-refractivity contribution in [1.29, 1.82) is 0 Å². The Morgan fingerprint density at radius 1 is 1.23 bits per heavy atom. The highest BCUT2D eigenvalue weighted by Crippen LogP contribution is 2.29. The van der Waals surface area contributed by atoms with Gasteiger partial charge in [-0.05, 0) is 44.7 Å². The van der Waals surface area contributed by atoms with Crippen molar-refractivity contribution < 1.29 is 18.0 Å². The SMILES string of the molecule is CCCCN(C(=O)C1CCN(c2ccc3nnc(C(F)(F)F)n3n2)CC1)C(C)CC. The minimum atomic E-state index is -4.62. The highest BCUT2D eigenvalue weighted by atomic mass is 19.4. The van der Waals surface area contributed by atoms with Crippen molar-refractivity contribution in [2.24, 2.45) is 5.92 Å². The largest absolute Gasteiger partial charge is 0.453 e. The number of rotatable bonds is 7. The normalized spacial score (nSPS) is 16.8. The van der Waals surface area contributed by atoms with Gasteiger partial charge in [0.25, 0.3) is 5.82 Å². The lowest BCUT2D eigenvalue weighted by Crippen LogP contribution is -2.46. The van der Waals surface area contributed by atoms with Crippen molar-refractivity contribution in [3.63, 3.8) is 0 Å². The van der Waals surface area contributed by atoms with Gasteiger partial charge in [0.2, 0.25) is 5.91 Å². The summed E-state index contributed by atoms with van der Waals surface area (Å²) in [4.78, 5) is 17.0. The molecule has 0 radical (unpaired) electrons. The highest BCUT2D eigenvalue weighted by molar-refractivity contribution is 5.79. The molecule has 1 amide bonds. The zero-order valence-electron chi connectivity index (χ0n) is 17.7. The number of fused-ring (bicyclic) bond motifs is 1.